The molecule has 0 N–H and O–H groups in total. The molecule has 0 radical (unpaired) electrons. The summed E-state index contributed by atoms with van der Waals surface area (Å²) in [6.45, 7) is 11.9. The van der Waals surface area contributed by atoms with Gasteiger partial charge in [-0.15, -0.1) is 0 Å². The quantitative estimate of drug-likeness (QED) is 0.277. The molecule has 0 fully saturated rings. The summed E-state index contributed by atoms with van der Waals surface area (Å²) in [6, 6.07) is 3.62. The lowest BCUT2D eigenvalue weighted by molar-refractivity contribution is -0.0500. The number of alkyl halides is 3. The van der Waals surface area contributed by atoms with Crippen LogP contribution in [0, 0.1) is 3.57 Å². The minimum Gasteiger partial charge on any atom is -0.375 e. The lowest BCUT2D eigenvalue weighted by Gasteiger charge is -2.26. The molecule has 0 saturated carbocycles. The molecule has 10 heteroatoms. The van der Waals surface area contributed by atoms with Gasteiger partial charge in [0.1, 0.15) is 0 Å². The fraction of sp³-hybridized carbons (Fsp3) is 0.538. The molecule has 0 aromatic heterocycles. The Bertz CT molecular complexity index is 705. The van der Waals surface area contributed by atoms with Crippen molar-refractivity contribution in [3.63, 3.8) is 0 Å². The zero-order valence-electron chi connectivity index (χ0n) is 13.8. The molecule has 0 heterocycles. The van der Waals surface area contributed by atoms with Crippen LogP contribution in [0.4, 0.5) is 13.2 Å². The molecule has 0 atom stereocenters. The maximum atomic E-state index is 12.7. The summed E-state index contributed by atoms with van der Waals surface area (Å²) in [4.78, 5) is 0. The molecular formula is C13H20F3IO3SSi2. The van der Waals surface area contributed by atoms with Crippen LogP contribution < -0.4 is 14.6 Å². The molecule has 3 nitrogen and oxygen atoms in total. The Morgan fingerprint density at radius 2 is 1.35 bits per heavy atom. The van der Waals surface area contributed by atoms with Crippen molar-refractivity contribution in [3.8, 4) is 5.75 Å². The minimum atomic E-state index is -5.69. The van der Waals surface area contributed by atoms with Gasteiger partial charge in [-0.2, -0.15) is 21.6 Å². The molecule has 0 spiro atoms. The zero-order chi connectivity index (χ0) is 18.4. The standard InChI is InChI=1S/C13H20F3IO3SSi2/c1-22(2,3)9-7-8-10(23(4,5)6)12(11(9)17)20-21(18,19)13(14,15)16/h7-8H,1-6H3. The SMILES string of the molecule is C[Si](C)(C)c1ccc([Si](C)(C)C)c(OS(=O)(=O)C(F)(F)F)c1I. The summed E-state index contributed by atoms with van der Waals surface area (Å²) in [5.41, 5.74) is -5.44. The molecule has 132 valence electrons. The topological polar surface area (TPSA) is 43.4 Å². The van der Waals surface area contributed by atoms with Crippen molar-refractivity contribution in [2.24, 2.45) is 0 Å². The molecule has 23 heavy (non-hydrogen) atoms. The number of halogens is 4. The second kappa shape index (κ2) is 6.34. The van der Waals surface area contributed by atoms with Crippen molar-refractivity contribution in [1.82, 2.24) is 0 Å². The fourth-order valence-corrected chi connectivity index (χ4v) is 8.73. The van der Waals surface area contributed by atoms with Crippen molar-refractivity contribution < 1.29 is 25.8 Å². The normalized spacial score (nSPS) is 14.0. The molecule has 1 rings (SSSR count). The summed E-state index contributed by atoms with van der Waals surface area (Å²) in [5, 5.41) is 1.45. The van der Waals surface area contributed by atoms with Crippen LogP contribution in [0.25, 0.3) is 0 Å². The van der Waals surface area contributed by atoms with E-state index in [0.717, 1.165) is 5.19 Å². The lowest BCUT2D eigenvalue weighted by Crippen LogP contribution is -2.46. The highest BCUT2D eigenvalue weighted by atomic mass is 127. The molecule has 0 aliphatic carbocycles. The second-order valence-electron chi connectivity index (χ2n) is 7.29. The first-order valence-corrected chi connectivity index (χ1v) is 16.3. The van der Waals surface area contributed by atoms with Crippen LogP contribution in [-0.4, -0.2) is 30.1 Å². The summed E-state index contributed by atoms with van der Waals surface area (Å²) in [7, 11) is -9.64. The summed E-state index contributed by atoms with van der Waals surface area (Å²) in [6.07, 6.45) is 0. The first-order valence-electron chi connectivity index (χ1n) is 6.82. The molecule has 0 amide bonds. The average molecular weight is 496 g/mol. The molecule has 1 aromatic rings. The van der Waals surface area contributed by atoms with Gasteiger partial charge in [0.25, 0.3) is 0 Å². The van der Waals surface area contributed by atoms with Gasteiger partial charge in [0.15, 0.2) is 5.75 Å². The van der Waals surface area contributed by atoms with E-state index in [9.17, 15) is 21.6 Å². The van der Waals surface area contributed by atoms with E-state index >= 15 is 0 Å². The summed E-state index contributed by atoms with van der Waals surface area (Å²) in [5.74, 6) is -0.151. The van der Waals surface area contributed by atoms with Crippen molar-refractivity contribution in [2.45, 2.75) is 44.8 Å². The van der Waals surface area contributed by atoms with Gasteiger partial charge in [0.05, 0.1) is 19.7 Å². The first kappa shape index (κ1) is 21.0. The van der Waals surface area contributed by atoms with E-state index in [2.05, 4.69) is 4.18 Å². The Balaban J connectivity index is 3.67. The maximum absolute atomic E-state index is 12.7. The number of hydrogen-bond acceptors (Lipinski definition) is 3. The van der Waals surface area contributed by atoms with Crippen molar-refractivity contribution in [2.75, 3.05) is 0 Å². The molecule has 0 aliphatic rings. The minimum absolute atomic E-state index is 0.151. The Hall–Kier alpha value is -0.0762. The van der Waals surface area contributed by atoms with Gasteiger partial charge in [-0.1, -0.05) is 51.4 Å². The van der Waals surface area contributed by atoms with E-state index in [1.54, 1.807) is 6.07 Å². The van der Waals surface area contributed by atoms with Crippen LogP contribution in [0.1, 0.15) is 0 Å². The predicted molar refractivity (Wildman–Crippen MR) is 101 cm³/mol. The van der Waals surface area contributed by atoms with Gasteiger partial charge in [0.2, 0.25) is 0 Å². The van der Waals surface area contributed by atoms with Crippen molar-refractivity contribution in [3.05, 3.63) is 15.7 Å². The van der Waals surface area contributed by atoms with E-state index in [0.29, 0.717) is 8.76 Å². The van der Waals surface area contributed by atoms with E-state index < -0.39 is 31.8 Å². The van der Waals surface area contributed by atoms with Crippen LogP contribution >= 0.6 is 22.6 Å². The molecule has 0 unspecified atom stereocenters. The van der Waals surface area contributed by atoms with Crippen LogP contribution in [0.15, 0.2) is 12.1 Å². The first-order chi connectivity index (χ1) is 9.98. The highest BCUT2D eigenvalue weighted by Gasteiger charge is 2.49. The van der Waals surface area contributed by atoms with Crippen LogP contribution in [0.3, 0.4) is 0 Å². The molecule has 0 aliphatic heterocycles. The van der Waals surface area contributed by atoms with Gasteiger partial charge in [-0.25, -0.2) is 0 Å². The Kier molecular flexibility index (Phi) is 5.78. The molecule has 1 aromatic carbocycles. The highest BCUT2D eigenvalue weighted by molar-refractivity contribution is 14.1. The van der Waals surface area contributed by atoms with Gasteiger partial charge >= 0.3 is 15.6 Å². The number of hydrogen-bond donors (Lipinski definition) is 0. The van der Waals surface area contributed by atoms with Gasteiger partial charge < -0.3 is 4.18 Å². The van der Waals surface area contributed by atoms with E-state index in [1.807, 2.05) is 67.9 Å². The summed E-state index contributed by atoms with van der Waals surface area (Å²) >= 11 is 1.90. The molecule has 0 bridgehead atoms. The molecular weight excluding hydrogens is 476 g/mol. The third kappa shape index (κ3) is 4.72. The largest absolute Gasteiger partial charge is 0.534 e. The Morgan fingerprint density at radius 1 is 0.957 bits per heavy atom. The Morgan fingerprint density at radius 3 is 1.70 bits per heavy atom. The number of benzene rings is 1. The van der Waals surface area contributed by atoms with E-state index in [4.69, 9.17) is 0 Å². The predicted octanol–water partition coefficient (Wildman–Crippen LogP) is 3.61. The smallest absolute Gasteiger partial charge is 0.375 e. The number of rotatable bonds is 4. The van der Waals surface area contributed by atoms with Gasteiger partial charge in [-0.05, 0) is 33.0 Å². The second-order valence-corrected chi connectivity index (χ2v) is 20.0. The van der Waals surface area contributed by atoms with Crippen LogP contribution in [0.2, 0.25) is 39.3 Å². The maximum Gasteiger partial charge on any atom is 0.534 e. The van der Waals surface area contributed by atoms with Crippen LogP contribution in [0.5, 0.6) is 5.75 Å². The van der Waals surface area contributed by atoms with Crippen molar-refractivity contribution in [1.29, 1.82) is 0 Å². The van der Waals surface area contributed by atoms with Gasteiger partial charge in [0, 0.05) is 0 Å². The fourth-order valence-electron chi connectivity index (χ4n) is 1.96. The van der Waals surface area contributed by atoms with E-state index in [1.165, 1.54) is 0 Å². The van der Waals surface area contributed by atoms with Crippen LogP contribution in [-0.2, 0) is 10.1 Å². The zero-order valence-corrected chi connectivity index (χ0v) is 18.8. The highest BCUT2D eigenvalue weighted by Crippen LogP contribution is 2.30. The average Bonchev–Trinajstić information content (AvgIpc) is 2.26. The van der Waals surface area contributed by atoms with E-state index in [-0.39, 0.29) is 5.75 Å². The molecule has 0 saturated heterocycles. The lowest BCUT2D eigenvalue weighted by atomic mass is 10.3. The third-order valence-corrected chi connectivity index (χ3v) is 9.76. The Labute approximate surface area is 150 Å². The monoisotopic (exact) mass is 496 g/mol. The van der Waals surface area contributed by atoms with Crippen molar-refractivity contribution >= 4 is 59.2 Å². The third-order valence-electron chi connectivity index (χ3n) is 3.19. The van der Waals surface area contributed by atoms with Gasteiger partial charge in [-0.3, -0.25) is 0 Å². The summed E-state index contributed by atoms with van der Waals surface area (Å²) < 4.78 is 66.2.